The monoisotopic (exact) mass is 338 g/mol. The fourth-order valence-corrected chi connectivity index (χ4v) is 2.08. The Hall–Kier alpha value is -3.33. The van der Waals surface area contributed by atoms with Crippen LogP contribution in [0.2, 0.25) is 0 Å². The number of hydrogen-bond acceptors (Lipinski definition) is 5. The number of carbonyl (C=O) groups excluding carboxylic acids is 2. The van der Waals surface area contributed by atoms with Crippen molar-refractivity contribution in [2.45, 2.75) is 6.42 Å². The van der Waals surface area contributed by atoms with E-state index in [0.29, 0.717) is 24.1 Å². The summed E-state index contributed by atoms with van der Waals surface area (Å²) in [4.78, 5) is 23.5. The number of benzene rings is 2. The fraction of sp³-hybridized carbons (Fsp3) is 0.211. The maximum absolute atomic E-state index is 11.8. The number of hydrogen-bond donors (Lipinski definition) is 1. The van der Waals surface area contributed by atoms with Gasteiger partial charge in [-0.25, -0.2) is 4.79 Å². The average Bonchev–Trinajstić information content (AvgIpc) is 2.66. The van der Waals surface area contributed by atoms with Gasteiger partial charge in [0, 0.05) is 6.54 Å². The van der Waals surface area contributed by atoms with Crippen LogP contribution in [-0.4, -0.2) is 32.1 Å². The zero-order valence-corrected chi connectivity index (χ0v) is 13.8. The molecule has 0 unspecified atom stereocenters. The Morgan fingerprint density at radius 3 is 2.36 bits per heavy atom. The van der Waals surface area contributed by atoms with Gasteiger partial charge in [0.15, 0.2) is 6.61 Å². The summed E-state index contributed by atoms with van der Waals surface area (Å²) in [7, 11) is 1.61. The van der Waals surface area contributed by atoms with Crippen molar-refractivity contribution in [2.75, 3.05) is 20.3 Å². The Morgan fingerprint density at radius 2 is 1.76 bits per heavy atom. The smallest absolute Gasteiger partial charge is 0.338 e. The van der Waals surface area contributed by atoms with Crippen molar-refractivity contribution in [2.24, 2.45) is 0 Å². The van der Waals surface area contributed by atoms with Gasteiger partial charge < -0.3 is 14.8 Å². The molecule has 1 N–H and O–H groups in total. The second kappa shape index (κ2) is 9.08. The van der Waals surface area contributed by atoms with Crippen molar-refractivity contribution < 1.29 is 19.1 Å². The van der Waals surface area contributed by atoms with Gasteiger partial charge in [0.05, 0.1) is 24.3 Å². The predicted molar refractivity (Wildman–Crippen MR) is 91.1 cm³/mol. The molecule has 0 aliphatic heterocycles. The zero-order valence-electron chi connectivity index (χ0n) is 13.8. The van der Waals surface area contributed by atoms with Gasteiger partial charge in [-0.05, 0) is 48.4 Å². The van der Waals surface area contributed by atoms with E-state index >= 15 is 0 Å². The summed E-state index contributed by atoms with van der Waals surface area (Å²) in [6, 6.07) is 15.5. The molecular weight excluding hydrogens is 320 g/mol. The molecule has 1 amide bonds. The summed E-state index contributed by atoms with van der Waals surface area (Å²) in [6.45, 7) is 0.0982. The molecule has 6 heteroatoms. The Balaban J connectivity index is 1.70. The van der Waals surface area contributed by atoms with Crippen LogP contribution in [0.25, 0.3) is 0 Å². The fourth-order valence-electron chi connectivity index (χ4n) is 2.08. The van der Waals surface area contributed by atoms with Gasteiger partial charge >= 0.3 is 5.97 Å². The molecule has 2 aromatic rings. The quantitative estimate of drug-likeness (QED) is 0.781. The molecule has 0 radical (unpaired) electrons. The molecule has 2 rings (SSSR count). The number of esters is 1. The lowest BCUT2D eigenvalue weighted by Gasteiger charge is -2.07. The molecule has 0 saturated heterocycles. The van der Waals surface area contributed by atoms with E-state index in [2.05, 4.69) is 5.32 Å². The molecule has 25 heavy (non-hydrogen) atoms. The van der Waals surface area contributed by atoms with Gasteiger partial charge in [-0.2, -0.15) is 5.26 Å². The molecule has 128 valence electrons. The number of nitriles is 1. The summed E-state index contributed by atoms with van der Waals surface area (Å²) in [5.41, 5.74) is 1.81. The number of ether oxygens (including phenoxy) is 2. The summed E-state index contributed by atoms with van der Waals surface area (Å²) in [5, 5.41) is 11.4. The van der Waals surface area contributed by atoms with E-state index in [1.54, 1.807) is 7.11 Å². The molecule has 2 aromatic carbocycles. The van der Waals surface area contributed by atoms with E-state index in [1.807, 2.05) is 30.3 Å². The zero-order chi connectivity index (χ0) is 18.1. The van der Waals surface area contributed by atoms with Crippen LogP contribution in [0.1, 0.15) is 21.5 Å². The lowest BCUT2D eigenvalue weighted by Crippen LogP contribution is -2.30. The van der Waals surface area contributed by atoms with E-state index in [-0.39, 0.29) is 12.5 Å². The highest BCUT2D eigenvalue weighted by Crippen LogP contribution is 2.11. The predicted octanol–water partition coefficient (Wildman–Crippen LogP) is 2.08. The maximum atomic E-state index is 11.8. The highest BCUT2D eigenvalue weighted by molar-refractivity contribution is 5.91. The molecule has 0 atom stereocenters. The first-order valence-electron chi connectivity index (χ1n) is 7.69. The number of rotatable bonds is 7. The lowest BCUT2D eigenvalue weighted by molar-refractivity contribution is -0.124. The Labute approximate surface area is 146 Å². The normalized spacial score (nSPS) is 9.76. The second-order valence-electron chi connectivity index (χ2n) is 5.21. The minimum atomic E-state index is -0.602. The molecule has 6 nitrogen and oxygen atoms in total. The molecular formula is C19H18N2O4. The highest BCUT2D eigenvalue weighted by atomic mass is 16.5. The van der Waals surface area contributed by atoms with Crippen molar-refractivity contribution in [3.05, 3.63) is 65.2 Å². The van der Waals surface area contributed by atoms with E-state index in [0.717, 1.165) is 11.3 Å². The van der Waals surface area contributed by atoms with Crippen LogP contribution < -0.4 is 10.1 Å². The molecule has 0 aromatic heterocycles. The second-order valence-corrected chi connectivity index (χ2v) is 5.21. The molecule has 0 saturated carbocycles. The van der Waals surface area contributed by atoms with Crippen molar-refractivity contribution in [3.63, 3.8) is 0 Å². The number of nitrogens with zero attached hydrogens (tertiary/aromatic N) is 1. The molecule has 0 spiro atoms. The van der Waals surface area contributed by atoms with Crippen molar-refractivity contribution in [1.29, 1.82) is 5.26 Å². The summed E-state index contributed by atoms with van der Waals surface area (Å²) in [6.07, 6.45) is 0.666. The van der Waals surface area contributed by atoms with Crippen LogP contribution in [0.3, 0.4) is 0 Å². The maximum Gasteiger partial charge on any atom is 0.338 e. The average molecular weight is 338 g/mol. The Bertz CT molecular complexity index is 762. The van der Waals surface area contributed by atoms with Crippen LogP contribution in [0.4, 0.5) is 0 Å². The van der Waals surface area contributed by atoms with Crippen LogP contribution in [0, 0.1) is 11.3 Å². The highest BCUT2D eigenvalue weighted by Gasteiger charge is 2.10. The molecule has 0 bridgehead atoms. The lowest BCUT2D eigenvalue weighted by atomic mass is 10.1. The summed E-state index contributed by atoms with van der Waals surface area (Å²) >= 11 is 0. The number of carbonyl (C=O) groups is 2. The third-order valence-electron chi connectivity index (χ3n) is 3.48. The van der Waals surface area contributed by atoms with Crippen molar-refractivity contribution in [3.8, 4) is 11.8 Å². The van der Waals surface area contributed by atoms with Gasteiger partial charge in [-0.1, -0.05) is 12.1 Å². The van der Waals surface area contributed by atoms with E-state index in [9.17, 15) is 9.59 Å². The SMILES string of the molecule is COc1ccc(CCNC(=O)COC(=O)c2ccc(C#N)cc2)cc1. The topological polar surface area (TPSA) is 88.4 Å². The number of methoxy groups -OCH3 is 1. The first-order valence-corrected chi connectivity index (χ1v) is 7.69. The van der Waals surface area contributed by atoms with Gasteiger partial charge in [0.25, 0.3) is 5.91 Å². The number of nitrogens with one attached hydrogen (secondary N) is 1. The van der Waals surface area contributed by atoms with E-state index < -0.39 is 5.97 Å². The largest absolute Gasteiger partial charge is 0.497 e. The molecule has 0 aliphatic rings. The molecule has 0 fully saturated rings. The summed E-state index contributed by atoms with van der Waals surface area (Å²) in [5.74, 6) is -0.187. The first-order chi connectivity index (χ1) is 12.1. The third kappa shape index (κ3) is 5.66. The first kappa shape index (κ1) is 18.0. The Morgan fingerprint density at radius 1 is 1.08 bits per heavy atom. The van der Waals surface area contributed by atoms with Gasteiger partial charge in [0.2, 0.25) is 0 Å². The van der Waals surface area contributed by atoms with Gasteiger partial charge in [-0.15, -0.1) is 0 Å². The van der Waals surface area contributed by atoms with Crippen LogP contribution >= 0.6 is 0 Å². The van der Waals surface area contributed by atoms with Gasteiger partial charge in [0.1, 0.15) is 5.75 Å². The van der Waals surface area contributed by atoms with Crippen molar-refractivity contribution >= 4 is 11.9 Å². The standard InChI is InChI=1S/C19H18N2O4/c1-24-17-8-4-14(5-9-17)10-11-21-18(22)13-25-19(23)16-6-2-15(12-20)3-7-16/h2-9H,10-11,13H2,1H3,(H,21,22). The Kier molecular flexibility index (Phi) is 6.55. The van der Waals surface area contributed by atoms with E-state index in [1.165, 1.54) is 24.3 Å². The van der Waals surface area contributed by atoms with Crippen LogP contribution in [-0.2, 0) is 16.0 Å². The number of amides is 1. The van der Waals surface area contributed by atoms with Crippen LogP contribution in [0.5, 0.6) is 5.75 Å². The third-order valence-corrected chi connectivity index (χ3v) is 3.48. The summed E-state index contributed by atoms with van der Waals surface area (Å²) < 4.78 is 10.0. The molecule has 0 aliphatic carbocycles. The van der Waals surface area contributed by atoms with Crippen molar-refractivity contribution in [1.82, 2.24) is 5.32 Å². The van der Waals surface area contributed by atoms with Gasteiger partial charge in [-0.3, -0.25) is 4.79 Å². The minimum Gasteiger partial charge on any atom is -0.497 e. The van der Waals surface area contributed by atoms with Crippen LogP contribution in [0.15, 0.2) is 48.5 Å². The molecule has 0 heterocycles. The minimum absolute atomic E-state index is 0.296. The van der Waals surface area contributed by atoms with E-state index in [4.69, 9.17) is 14.7 Å².